The largest absolute Gasteiger partial charge is 0.455 e. The van der Waals surface area contributed by atoms with E-state index in [1.807, 2.05) is 69.3 Å². The number of para-hydroxylation sites is 1. The van der Waals surface area contributed by atoms with Crippen LogP contribution in [-0.4, -0.2) is 16.7 Å². The van der Waals surface area contributed by atoms with Gasteiger partial charge in [0.05, 0.1) is 5.71 Å². The number of fused-ring (bicyclic) bond motifs is 1. The number of anilines is 2. The van der Waals surface area contributed by atoms with E-state index in [4.69, 9.17) is 16.6 Å². The summed E-state index contributed by atoms with van der Waals surface area (Å²) in [7, 11) is 0. The molecule has 1 heterocycles. The molecule has 0 bridgehead atoms. The number of aryl methyl sites for hydroxylation is 3. The summed E-state index contributed by atoms with van der Waals surface area (Å²) in [6, 6.07) is 15.7. The highest BCUT2D eigenvalue weighted by molar-refractivity contribution is 7.80. The first-order valence-electron chi connectivity index (χ1n) is 10.6. The Kier molecular flexibility index (Phi) is 6.37. The smallest absolute Gasteiger partial charge is 0.291 e. The SMILES string of the molecule is Cc1ccc(C)c(NC(=O)c2oc3c(c2C)/C(=N/NC(=S)Nc2ccccc2)CCC3)c1. The Morgan fingerprint density at radius 1 is 1.03 bits per heavy atom. The molecule has 0 spiro atoms. The van der Waals surface area contributed by atoms with E-state index in [9.17, 15) is 4.79 Å². The molecule has 0 unspecified atom stereocenters. The first kappa shape index (κ1) is 21.8. The highest BCUT2D eigenvalue weighted by atomic mass is 32.1. The Morgan fingerprint density at radius 2 is 1.81 bits per heavy atom. The fraction of sp³-hybridized carbons (Fsp3) is 0.240. The van der Waals surface area contributed by atoms with Crippen molar-refractivity contribution in [1.82, 2.24) is 5.43 Å². The van der Waals surface area contributed by atoms with Crippen LogP contribution in [0.4, 0.5) is 11.4 Å². The molecule has 0 fully saturated rings. The van der Waals surface area contributed by atoms with Crippen molar-refractivity contribution >= 4 is 40.3 Å². The van der Waals surface area contributed by atoms with E-state index in [2.05, 4.69) is 21.2 Å². The molecule has 3 aromatic rings. The fourth-order valence-electron chi connectivity index (χ4n) is 3.85. The molecule has 7 heteroatoms. The van der Waals surface area contributed by atoms with Crippen LogP contribution in [0, 0.1) is 20.8 Å². The lowest BCUT2D eigenvalue weighted by Crippen LogP contribution is -2.26. The van der Waals surface area contributed by atoms with E-state index < -0.39 is 0 Å². The average Bonchev–Trinajstić information content (AvgIpc) is 3.13. The predicted octanol–water partition coefficient (Wildman–Crippen LogP) is 5.48. The summed E-state index contributed by atoms with van der Waals surface area (Å²) < 4.78 is 6.00. The summed E-state index contributed by atoms with van der Waals surface area (Å²) in [5.41, 5.74) is 9.23. The first-order valence-corrected chi connectivity index (χ1v) is 11.0. The molecule has 0 atom stereocenters. The van der Waals surface area contributed by atoms with E-state index in [0.717, 1.165) is 64.4 Å². The van der Waals surface area contributed by atoms with Gasteiger partial charge in [-0.15, -0.1) is 0 Å². The standard InChI is InChI=1S/C25H26N4O2S/c1-15-12-13-16(2)20(14-15)27-24(30)23-17(3)22-19(10-7-11-21(22)31-23)28-29-25(32)26-18-8-5-4-6-9-18/h4-6,8-9,12-14H,7,10-11H2,1-3H3,(H,27,30)(H2,26,29,32)/b28-19+. The van der Waals surface area contributed by atoms with E-state index in [0.29, 0.717) is 10.9 Å². The molecule has 0 saturated heterocycles. The highest BCUT2D eigenvalue weighted by Crippen LogP contribution is 2.30. The molecule has 3 N–H and O–H groups in total. The van der Waals surface area contributed by atoms with Gasteiger partial charge in [-0.2, -0.15) is 5.10 Å². The number of carbonyl (C=O) groups is 1. The molecule has 0 aliphatic heterocycles. The van der Waals surface area contributed by atoms with E-state index >= 15 is 0 Å². The molecule has 2 aromatic carbocycles. The normalized spacial score (nSPS) is 14.0. The molecular weight excluding hydrogens is 420 g/mol. The van der Waals surface area contributed by atoms with Gasteiger partial charge in [0.25, 0.3) is 5.91 Å². The topological polar surface area (TPSA) is 78.7 Å². The van der Waals surface area contributed by atoms with Crippen molar-refractivity contribution in [3.63, 3.8) is 0 Å². The van der Waals surface area contributed by atoms with Crippen LogP contribution >= 0.6 is 12.2 Å². The van der Waals surface area contributed by atoms with Crippen molar-refractivity contribution in [3.8, 4) is 0 Å². The van der Waals surface area contributed by atoms with Crippen LogP contribution < -0.4 is 16.1 Å². The third-order valence-corrected chi connectivity index (χ3v) is 5.69. The lowest BCUT2D eigenvalue weighted by atomic mass is 9.93. The minimum atomic E-state index is -0.251. The zero-order chi connectivity index (χ0) is 22.7. The Hall–Kier alpha value is -3.45. The van der Waals surface area contributed by atoms with E-state index in [1.165, 1.54) is 0 Å². The number of rotatable bonds is 4. The summed E-state index contributed by atoms with van der Waals surface area (Å²) in [6.45, 7) is 5.87. The molecule has 1 amide bonds. The van der Waals surface area contributed by atoms with Crippen LogP contribution in [0.15, 0.2) is 58.0 Å². The highest BCUT2D eigenvalue weighted by Gasteiger charge is 2.28. The van der Waals surface area contributed by atoms with Gasteiger partial charge in [-0.25, -0.2) is 0 Å². The summed E-state index contributed by atoms with van der Waals surface area (Å²) in [5.74, 6) is 0.872. The molecule has 32 heavy (non-hydrogen) atoms. The second-order valence-electron chi connectivity index (χ2n) is 7.97. The Morgan fingerprint density at radius 3 is 2.59 bits per heavy atom. The second kappa shape index (κ2) is 9.36. The number of benzene rings is 2. The minimum Gasteiger partial charge on any atom is -0.455 e. The van der Waals surface area contributed by atoms with Crippen LogP contribution in [0.25, 0.3) is 0 Å². The molecule has 6 nitrogen and oxygen atoms in total. The van der Waals surface area contributed by atoms with Gasteiger partial charge in [0.15, 0.2) is 10.9 Å². The Bertz CT molecular complexity index is 1200. The van der Waals surface area contributed by atoms with Crippen LogP contribution in [0.3, 0.4) is 0 Å². The van der Waals surface area contributed by atoms with Crippen LogP contribution in [0.5, 0.6) is 0 Å². The average molecular weight is 447 g/mol. The number of furan rings is 1. The van der Waals surface area contributed by atoms with Gasteiger partial charge in [-0.05, 0) is 75.2 Å². The number of thiocarbonyl (C=S) groups is 1. The van der Waals surface area contributed by atoms with E-state index in [-0.39, 0.29) is 5.91 Å². The molecule has 0 saturated carbocycles. The monoisotopic (exact) mass is 446 g/mol. The van der Waals surface area contributed by atoms with Crippen molar-refractivity contribution in [1.29, 1.82) is 0 Å². The van der Waals surface area contributed by atoms with Crippen molar-refractivity contribution in [3.05, 3.63) is 82.3 Å². The maximum absolute atomic E-state index is 13.0. The molecule has 1 aliphatic rings. The number of hydrazone groups is 1. The van der Waals surface area contributed by atoms with Gasteiger partial charge >= 0.3 is 0 Å². The summed E-state index contributed by atoms with van der Waals surface area (Å²) in [4.78, 5) is 13.0. The quantitative estimate of drug-likeness (QED) is 0.365. The summed E-state index contributed by atoms with van der Waals surface area (Å²) in [6.07, 6.45) is 2.46. The maximum Gasteiger partial charge on any atom is 0.291 e. The van der Waals surface area contributed by atoms with Gasteiger partial charge in [0.2, 0.25) is 0 Å². The Labute approximate surface area is 193 Å². The lowest BCUT2D eigenvalue weighted by molar-refractivity contribution is 0.0994. The zero-order valence-corrected chi connectivity index (χ0v) is 19.2. The summed E-state index contributed by atoms with van der Waals surface area (Å²) in [5, 5.41) is 11.0. The molecule has 1 aromatic heterocycles. The van der Waals surface area contributed by atoms with Gasteiger partial charge in [-0.3, -0.25) is 10.2 Å². The summed E-state index contributed by atoms with van der Waals surface area (Å²) >= 11 is 5.36. The number of nitrogens with zero attached hydrogens (tertiary/aromatic N) is 1. The molecular formula is C25H26N4O2S. The predicted molar refractivity (Wildman–Crippen MR) is 133 cm³/mol. The van der Waals surface area contributed by atoms with Gasteiger partial charge in [0.1, 0.15) is 5.76 Å². The molecule has 0 radical (unpaired) electrons. The third-order valence-electron chi connectivity index (χ3n) is 5.50. The minimum absolute atomic E-state index is 0.251. The van der Waals surface area contributed by atoms with Crippen molar-refractivity contribution in [2.45, 2.75) is 40.0 Å². The van der Waals surface area contributed by atoms with Crippen LogP contribution in [-0.2, 0) is 6.42 Å². The van der Waals surface area contributed by atoms with Crippen molar-refractivity contribution in [2.24, 2.45) is 5.10 Å². The maximum atomic E-state index is 13.0. The number of amides is 1. The first-order chi connectivity index (χ1) is 15.4. The van der Waals surface area contributed by atoms with Crippen molar-refractivity contribution in [2.75, 3.05) is 10.6 Å². The number of hydrogen-bond donors (Lipinski definition) is 3. The van der Waals surface area contributed by atoms with Crippen molar-refractivity contribution < 1.29 is 9.21 Å². The fourth-order valence-corrected chi connectivity index (χ4v) is 4.01. The number of carbonyl (C=O) groups excluding carboxylic acids is 1. The second-order valence-corrected chi connectivity index (χ2v) is 8.38. The molecule has 164 valence electrons. The Balaban J connectivity index is 1.53. The van der Waals surface area contributed by atoms with Gasteiger partial charge < -0.3 is 15.1 Å². The zero-order valence-electron chi connectivity index (χ0n) is 18.4. The van der Waals surface area contributed by atoms with Gasteiger partial charge in [-0.1, -0.05) is 30.3 Å². The number of nitrogens with one attached hydrogen (secondary N) is 3. The van der Waals surface area contributed by atoms with Gasteiger partial charge in [0, 0.05) is 28.9 Å². The molecule has 4 rings (SSSR count). The lowest BCUT2D eigenvalue weighted by Gasteiger charge is -2.14. The third kappa shape index (κ3) is 4.73. The molecule has 1 aliphatic carbocycles. The van der Waals surface area contributed by atoms with Crippen LogP contribution in [0.1, 0.15) is 51.4 Å². The van der Waals surface area contributed by atoms with E-state index in [1.54, 1.807) is 0 Å². The number of hydrogen-bond acceptors (Lipinski definition) is 4. The van der Waals surface area contributed by atoms with Crippen LogP contribution in [0.2, 0.25) is 0 Å².